The minimum Gasteiger partial charge on any atom is -0.493 e. The van der Waals surface area contributed by atoms with Crippen LogP contribution < -0.4 is 9.47 Å². The number of amides is 1. The van der Waals surface area contributed by atoms with Gasteiger partial charge in [0, 0.05) is 30.3 Å². The van der Waals surface area contributed by atoms with E-state index < -0.39 is 6.10 Å². The molecule has 1 aromatic heterocycles. The predicted molar refractivity (Wildman–Crippen MR) is 92.0 cm³/mol. The van der Waals surface area contributed by atoms with Crippen LogP contribution in [0.5, 0.6) is 11.5 Å². The molecule has 1 aliphatic rings. The minimum absolute atomic E-state index is 0.0215. The van der Waals surface area contributed by atoms with Gasteiger partial charge >= 0.3 is 0 Å². The van der Waals surface area contributed by atoms with Crippen molar-refractivity contribution in [2.24, 2.45) is 5.92 Å². The molecule has 3 rings (SSSR count). The first kappa shape index (κ1) is 17.3. The van der Waals surface area contributed by atoms with Gasteiger partial charge in [0.05, 0.1) is 26.0 Å². The van der Waals surface area contributed by atoms with Crippen LogP contribution in [0.3, 0.4) is 0 Å². The van der Waals surface area contributed by atoms with Crippen LogP contribution in [0.25, 0.3) is 0 Å². The number of aromatic nitrogens is 2. The van der Waals surface area contributed by atoms with Gasteiger partial charge in [-0.2, -0.15) is 5.10 Å². The van der Waals surface area contributed by atoms with Crippen LogP contribution in [-0.2, 0) is 6.42 Å². The second-order valence-corrected chi connectivity index (χ2v) is 6.35. The number of aliphatic hydroxyl groups is 1. The molecule has 7 heteroatoms. The molecule has 0 spiro atoms. The maximum absolute atomic E-state index is 12.8. The highest BCUT2D eigenvalue weighted by atomic mass is 16.5. The van der Waals surface area contributed by atoms with Gasteiger partial charge in [0.1, 0.15) is 0 Å². The lowest BCUT2D eigenvalue weighted by Gasteiger charge is -2.17. The standard InChI is InChI=1S/C18H23N3O4/c1-11-6-14(20-19-11)7-13-9-21(10-15(13)22)18(23)12-4-5-16(24-2)17(8-12)25-3/h4-6,8,13,15,22H,7,9-10H2,1-3H3,(H,19,20)/t13-,15-/m1/s1. The van der Waals surface area contributed by atoms with Gasteiger partial charge in [0.15, 0.2) is 11.5 Å². The molecule has 134 valence electrons. The first-order valence-electron chi connectivity index (χ1n) is 8.22. The highest BCUT2D eigenvalue weighted by molar-refractivity contribution is 5.95. The Labute approximate surface area is 146 Å². The van der Waals surface area contributed by atoms with E-state index in [-0.39, 0.29) is 11.8 Å². The smallest absolute Gasteiger partial charge is 0.254 e. The summed E-state index contributed by atoms with van der Waals surface area (Å²) >= 11 is 0. The average Bonchev–Trinajstić information content (AvgIpc) is 3.19. The minimum atomic E-state index is -0.555. The summed E-state index contributed by atoms with van der Waals surface area (Å²) < 4.78 is 10.5. The molecule has 0 unspecified atom stereocenters. The van der Waals surface area contributed by atoms with E-state index >= 15 is 0 Å². The van der Waals surface area contributed by atoms with Crippen molar-refractivity contribution in [1.29, 1.82) is 0 Å². The Bertz CT molecular complexity index is 759. The number of hydrogen-bond donors (Lipinski definition) is 2. The lowest BCUT2D eigenvalue weighted by molar-refractivity contribution is 0.0764. The number of aromatic amines is 1. The predicted octanol–water partition coefficient (Wildman–Crippen LogP) is 1.41. The number of aryl methyl sites for hydroxylation is 1. The number of nitrogens with zero attached hydrogens (tertiary/aromatic N) is 2. The van der Waals surface area contributed by atoms with Crippen LogP contribution in [0.15, 0.2) is 24.3 Å². The highest BCUT2D eigenvalue weighted by Gasteiger charge is 2.35. The van der Waals surface area contributed by atoms with Crippen molar-refractivity contribution in [3.05, 3.63) is 41.2 Å². The number of β-amino-alcohol motifs (C(OH)–C–C–N with tert-alkyl or cyclic N) is 1. The van der Waals surface area contributed by atoms with Gasteiger partial charge in [-0.1, -0.05) is 0 Å². The Morgan fingerprint density at radius 3 is 2.68 bits per heavy atom. The zero-order valence-corrected chi connectivity index (χ0v) is 14.7. The topological polar surface area (TPSA) is 87.7 Å². The molecule has 1 saturated heterocycles. The van der Waals surface area contributed by atoms with Gasteiger partial charge in [-0.15, -0.1) is 0 Å². The second kappa shape index (κ2) is 7.14. The lowest BCUT2D eigenvalue weighted by atomic mass is 10.0. The van der Waals surface area contributed by atoms with Crippen molar-refractivity contribution in [1.82, 2.24) is 15.1 Å². The summed E-state index contributed by atoms with van der Waals surface area (Å²) in [5, 5.41) is 17.4. The van der Waals surface area contributed by atoms with Gasteiger partial charge in [-0.25, -0.2) is 0 Å². The van der Waals surface area contributed by atoms with Crippen molar-refractivity contribution in [3.8, 4) is 11.5 Å². The maximum atomic E-state index is 12.8. The van der Waals surface area contributed by atoms with Gasteiger partial charge in [0.25, 0.3) is 5.91 Å². The van der Waals surface area contributed by atoms with Crippen molar-refractivity contribution in [3.63, 3.8) is 0 Å². The molecule has 1 amide bonds. The number of H-pyrrole nitrogens is 1. The van der Waals surface area contributed by atoms with Crippen molar-refractivity contribution in [2.75, 3.05) is 27.3 Å². The molecule has 0 saturated carbocycles. The van der Waals surface area contributed by atoms with Crippen LogP contribution in [0, 0.1) is 12.8 Å². The summed E-state index contributed by atoms with van der Waals surface area (Å²) in [6.45, 7) is 2.76. The molecule has 2 aromatic rings. The molecule has 0 aliphatic carbocycles. The summed E-state index contributed by atoms with van der Waals surface area (Å²) in [7, 11) is 3.09. The fourth-order valence-corrected chi connectivity index (χ4v) is 3.22. The van der Waals surface area contributed by atoms with Crippen LogP contribution in [-0.4, -0.2) is 59.5 Å². The van der Waals surface area contributed by atoms with Crippen LogP contribution in [0.4, 0.5) is 0 Å². The number of carbonyl (C=O) groups excluding carboxylic acids is 1. The summed E-state index contributed by atoms with van der Waals surface area (Å²) in [4.78, 5) is 14.4. The van der Waals surface area contributed by atoms with Crippen molar-refractivity contribution in [2.45, 2.75) is 19.4 Å². The number of nitrogens with one attached hydrogen (secondary N) is 1. The molecule has 25 heavy (non-hydrogen) atoms. The summed E-state index contributed by atoms with van der Waals surface area (Å²) in [6, 6.07) is 7.05. The summed E-state index contributed by atoms with van der Waals surface area (Å²) in [5.74, 6) is 0.941. The molecular formula is C18H23N3O4. The average molecular weight is 345 g/mol. The lowest BCUT2D eigenvalue weighted by Crippen LogP contribution is -2.29. The molecule has 2 heterocycles. The molecule has 2 N–H and O–H groups in total. The van der Waals surface area contributed by atoms with Crippen LogP contribution in [0.1, 0.15) is 21.7 Å². The van der Waals surface area contributed by atoms with E-state index in [1.165, 1.54) is 7.11 Å². The Hall–Kier alpha value is -2.54. The van der Waals surface area contributed by atoms with Crippen LogP contribution in [0.2, 0.25) is 0 Å². The zero-order valence-electron chi connectivity index (χ0n) is 14.7. The molecular weight excluding hydrogens is 322 g/mol. The van der Waals surface area contributed by atoms with E-state index in [4.69, 9.17) is 9.47 Å². The fraction of sp³-hybridized carbons (Fsp3) is 0.444. The largest absolute Gasteiger partial charge is 0.493 e. The normalized spacial score (nSPS) is 19.9. The van der Waals surface area contributed by atoms with Crippen molar-refractivity contribution >= 4 is 5.91 Å². The first-order chi connectivity index (χ1) is 12.0. The van der Waals surface area contributed by atoms with E-state index in [9.17, 15) is 9.90 Å². The molecule has 2 atom stereocenters. The first-order valence-corrected chi connectivity index (χ1v) is 8.22. The fourth-order valence-electron chi connectivity index (χ4n) is 3.22. The van der Waals surface area contributed by atoms with Crippen molar-refractivity contribution < 1.29 is 19.4 Å². The maximum Gasteiger partial charge on any atom is 0.254 e. The molecule has 0 bridgehead atoms. The van der Waals surface area contributed by atoms with Crippen LogP contribution >= 0.6 is 0 Å². The molecule has 0 radical (unpaired) electrons. The number of carbonyl (C=O) groups is 1. The summed E-state index contributed by atoms with van der Waals surface area (Å²) in [6.07, 6.45) is 0.0856. The number of methoxy groups -OCH3 is 2. The molecule has 1 aliphatic heterocycles. The van der Waals surface area contributed by atoms with E-state index in [1.54, 1.807) is 30.2 Å². The Kier molecular flexibility index (Phi) is 4.94. The molecule has 1 aromatic carbocycles. The number of hydrogen-bond acceptors (Lipinski definition) is 5. The Balaban J connectivity index is 1.71. The van der Waals surface area contributed by atoms with Gasteiger partial charge < -0.3 is 19.5 Å². The highest BCUT2D eigenvalue weighted by Crippen LogP contribution is 2.29. The van der Waals surface area contributed by atoms with Gasteiger partial charge in [0.2, 0.25) is 0 Å². The third kappa shape index (κ3) is 3.61. The number of benzene rings is 1. The molecule has 7 nitrogen and oxygen atoms in total. The van der Waals surface area contributed by atoms with Gasteiger partial charge in [-0.3, -0.25) is 9.89 Å². The quantitative estimate of drug-likeness (QED) is 0.855. The van der Waals surface area contributed by atoms with E-state index in [1.807, 2.05) is 13.0 Å². The number of rotatable bonds is 5. The Morgan fingerprint density at radius 1 is 1.28 bits per heavy atom. The molecule has 1 fully saturated rings. The Morgan fingerprint density at radius 2 is 2.04 bits per heavy atom. The zero-order chi connectivity index (χ0) is 18.0. The van der Waals surface area contributed by atoms with E-state index in [0.29, 0.717) is 36.6 Å². The number of aliphatic hydroxyl groups excluding tert-OH is 1. The summed E-state index contributed by atoms with van der Waals surface area (Å²) in [5.41, 5.74) is 2.41. The number of ether oxygens (including phenoxy) is 2. The number of likely N-dealkylation sites (tertiary alicyclic amines) is 1. The van der Waals surface area contributed by atoms with E-state index in [0.717, 1.165) is 11.4 Å². The third-order valence-corrected chi connectivity index (χ3v) is 4.55. The SMILES string of the molecule is COc1ccc(C(=O)N2C[C@@H](Cc3cc(C)[nH]n3)[C@H](O)C2)cc1OC. The van der Waals surface area contributed by atoms with E-state index in [2.05, 4.69) is 10.2 Å². The monoisotopic (exact) mass is 345 g/mol. The third-order valence-electron chi connectivity index (χ3n) is 4.55. The van der Waals surface area contributed by atoms with Gasteiger partial charge in [-0.05, 0) is 37.6 Å². The second-order valence-electron chi connectivity index (χ2n) is 6.35.